The van der Waals surface area contributed by atoms with Crippen LogP contribution in [0.4, 0.5) is 0 Å². The molecule has 0 N–H and O–H groups in total. The third-order valence-corrected chi connectivity index (χ3v) is 7.31. The van der Waals surface area contributed by atoms with Gasteiger partial charge in [0.25, 0.3) is 0 Å². The highest BCUT2D eigenvalue weighted by molar-refractivity contribution is 6.35. The summed E-state index contributed by atoms with van der Waals surface area (Å²) in [5.74, 6) is 0.827. The van der Waals surface area contributed by atoms with Crippen molar-refractivity contribution in [3.63, 3.8) is 0 Å². The van der Waals surface area contributed by atoms with Gasteiger partial charge in [-0.05, 0) is 43.0 Å². The van der Waals surface area contributed by atoms with Crippen LogP contribution in [0.1, 0.15) is 72.1 Å². The summed E-state index contributed by atoms with van der Waals surface area (Å²) in [6.07, 6.45) is 8.71. The van der Waals surface area contributed by atoms with Gasteiger partial charge in [-0.2, -0.15) is 5.10 Å². The predicted octanol–water partition coefficient (Wildman–Crippen LogP) is 7.60. The minimum absolute atomic E-state index is 0.148. The van der Waals surface area contributed by atoms with Crippen molar-refractivity contribution in [2.24, 2.45) is 5.92 Å². The SMILES string of the molecule is Cc1ccc2c(c1)Cc1c(C(=O)CCC3CCCCC3)nn(-c3ccc(Cl)cc3Cl)c1-2. The maximum Gasteiger partial charge on any atom is 0.183 e. The van der Waals surface area contributed by atoms with E-state index < -0.39 is 0 Å². The van der Waals surface area contributed by atoms with Crippen molar-refractivity contribution in [2.75, 3.05) is 0 Å². The first-order valence-corrected chi connectivity index (χ1v) is 12.0. The van der Waals surface area contributed by atoms with Crippen molar-refractivity contribution >= 4 is 29.0 Å². The number of fused-ring (bicyclic) bond motifs is 3. The zero-order valence-corrected chi connectivity index (χ0v) is 19.3. The summed E-state index contributed by atoms with van der Waals surface area (Å²) < 4.78 is 1.85. The van der Waals surface area contributed by atoms with Gasteiger partial charge in [-0.25, -0.2) is 4.68 Å². The fourth-order valence-corrected chi connectivity index (χ4v) is 5.65. The van der Waals surface area contributed by atoms with Crippen molar-refractivity contribution in [1.29, 1.82) is 0 Å². The average molecular weight is 453 g/mol. The number of nitrogens with zero attached hydrogens (tertiary/aromatic N) is 2. The second kappa shape index (κ2) is 8.44. The zero-order valence-electron chi connectivity index (χ0n) is 17.8. The second-order valence-corrected chi connectivity index (χ2v) is 9.83. The summed E-state index contributed by atoms with van der Waals surface area (Å²) in [6, 6.07) is 11.9. The number of ketones is 1. The molecule has 3 nitrogen and oxygen atoms in total. The lowest BCUT2D eigenvalue weighted by Crippen LogP contribution is -2.11. The molecule has 0 atom stereocenters. The molecule has 0 unspecified atom stereocenters. The smallest absolute Gasteiger partial charge is 0.183 e. The zero-order chi connectivity index (χ0) is 21.5. The lowest BCUT2D eigenvalue weighted by atomic mass is 9.85. The Morgan fingerprint density at radius 3 is 2.68 bits per heavy atom. The Morgan fingerprint density at radius 2 is 1.90 bits per heavy atom. The van der Waals surface area contributed by atoms with E-state index in [2.05, 4.69) is 25.1 Å². The van der Waals surface area contributed by atoms with Crippen LogP contribution in [-0.2, 0) is 6.42 Å². The number of hydrogen-bond acceptors (Lipinski definition) is 2. The molecule has 31 heavy (non-hydrogen) atoms. The summed E-state index contributed by atoms with van der Waals surface area (Å²) in [5.41, 5.74) is 6.96. The molecule has 1 heterocycles. The molecule has 2 aromatic carbocycles. The van der Waals surface area contributed by atoms with Gasteiger partial charge in [0, 0.05) is 29.0 Å². The van der Waals surface area contributed by atoms with Crippen LogP contribution >= 0.6 is 23.2 Å². The number of benzene rings is 2. The molecular weight excluding hydrogens is 427 g/mol. The van der Waals surface area contributed by atoms with E-state index in [1.54, 1.807) is 6.07 Å². The summed E-state index contributed by atoms with van der Waals surface area (Å²) in [6.45, 7) is 2.10. The Labute approximate surface area is 193 Å². The number of hydrogen-bond donors (Lipinski definition) is 0. The van der Waals surface area contributed by atoms with Crippen LogP contribution in [0.2, 0.25) is 10.0 Å². The van der Waals surface area contributed by atoms with E-state index in [0.717, 1.165) is 35.3 Å². The quantitative estimate of drug-likeness (QED) is 0.292. The Balaban J connectivity index is 1.54. The molecule has 160 valence electrons. The highest BCUT2D eigenvalue weighted by Gasteiger charge is 2.31. The van der Waals surface area contributed by atoms with Crippen LogP contribution in [0, 0.1) is 12.8 Å². The maximum atomic E-state index is 13.3. The highest BCUT2D eigenvalue weighted by atomic mass is 35.5. The van der Waals surface area contributed by atoms with Crippen LogP contribution in [0.5, 0.6) is 0 Å². The molecule has 0 saturated heterocycles. The fourth-order valence-electron chi connectivity index (χ4n) is 5.17. The molecule has 5 heteroatoms. The predicted molar refractivity (Wildman–Crippen MR) is 127 cm³/mol. The van der Waals surface area contributed by atoms with Gasteiger partial charge in [0.1, 0.15) is 5.69 Å². The standard InChI is InChI=1S/C26H26Cl2N2O/c1-16-7-10-20-18(13-16)14-21-25(24(31)12-8-17-5-3-2-4-6-17)29-30(26(20)21)23-11-9-19(27)15-22(23)28/h7,9-11,13,15,17H,2-6,8,12,14H2,1H3. The number of Topliss-reactive ketones (excluding diaryl/α,β-unsaturated/α-hetero) is 1. The molecule has 1 aromatic heterocycles. The largest absolute Gasteiger partial charge is 0.292 e. The van der Waals surface area contributed by atoms with E-state index in [1.807, 2.05) is 16.8 Å². The van der Waals surface area contributed by atoms with Crippen molar-refractivity contribution < 1.29 is 4.79 Å². The number of rotatable bonds is 5. The minimum Gasteiger partial charge on any atom is -0.292 e. The number of aromatic nitrogens is 2. The molecule has 2 aliphatic carbocycles. The first-order valence-electron chi connectivity index (χ1n) is 11.2. The number of aryl methyl sites for hydroxylation is 1. The second-order valence-electron chi connectivity index (χ2n) is 8.99. The van der Waals surface area contributed by atoms with Gasteiger partial charge < -0.3 is 0 Å². The summed E-state index contributed by atoms with van der Waals surface area (Å²) in [4.78, 5) is 13.3. The van der Waals surface area contributed by atoms with Crippen molar-refractivity contribution in [3.8, 4) is 16.9 Å². The Morgan fingerprint density at radius 1 is 1.10 bits per heavy atom. The molecule has 0 amide bonds. The van der Waals surface area contributed by atoms with Crippen molar-refractivity contribution in [2.45, 2.75) is 58.3 Å². The van der Waals surface area contributed by atoms with E-state index in [4.69, 9.17) is 28.3 Å². The first kappa shape index (κ1) is 20.8. The van der Waals surface area contributed by atoms with Gasteiger partial charge in [-0.1, -0.05) is 79.1 Å². The average Bonchev–Trinajstić information content (AvgIpc) is 3.29. The van der Waals surface area contributed by atoms with Gasteiger partial charge in [-0.15, -0.1) is 0 Å². The van der Waals surface area contributed by atoms with Gasteiger partial charge >= 0.3 is 0 Å². The number of carbonyl (C=O) groups is 1. The third-order valence-electron chi connectivity index (χ3n) is 6.77. The lowest BCUT2D eigenvalue weighted by Gasteiger charge is -2.20. The summed E-state index contributed by atoms with van der Waals surface area (Å²) >= 11 is 12.7. The van der Waals surface area contributed by atoms with E-state index in [1.165, 1.54) is 43.2 Å². The Bertz CT molecular complexity index is 1160. The maximum absolute atomic E-state index is 13.3. The molecule has 0 bridgehead atoms. The molecule has 5 rings (SSSR count). The highest BCUT2D eigenvalue weighted by Crippen LogP contribution is 2.42. The van der Waals surface area contributed by atoms with E-state index in [9.17, 15) is 4.79 Å². The Kier molecular flexibility index (Phi) is 5.66. The molecular formula is C26H26Cl2N2O. The molecule has 1 saturated carbocycles. The number of halogens is 2. The van der Waals surface area contributed by atoms with E-state index >= 15 is 0 Å². The van der Waals surface area contributed by atoms with Gasteiger partial charge in [0.15, 0.2) is 5.78 Å². The van der Waals surface area contributed by atoms with E-state index in [-0.39, 0.29) is 5.78 Å². The molecule has 1 fully saturated rings. The monoisotopic (exact) mass is 452 g/mol. The normalized spacial score (nSPS) is 15.7. The molecule has 2 aliphatic rings. The van der Waals surface area contributed by atoms with Crippen LogP contribution in [0.15, 0.2) is 36.4 Å². The van der Waals surface area contributed by atoms with Gasteiger partial charge in [-0.3, -0.25) is 4.79 Å². The fraction of sp³-hybridized carbons (Fsp3) is 0.385. The first-order chi connectivity index (χ1) is 15.0. The van der Waals surface area contributed by atoms with Crippen LogP contribution in [0.25, 0.3) is 16.9 Å². The number of carbonyl (C=O) groups excluding carboxylic acids is 1. The Hall–Kier alpha value is -2.10. The molecule has 0 spiro atoms. The van der Waals surface area contributed by atoms with Gasteiger partial charge in [0.05, 0.1) is 16.4 Å². The molecule has 0 radical (unpaired) electrons. The minimum atomic E-state index is 0.148. The summed E-state index contributed by atoms with van der Waals surface area (Å²) in [5, 5.41) is 5.93. The van der Waals surface area contributed by atoms with Crippen LogP contribution in [-0.4, -0.2) is 15.6 Å². The van der Waals surface area contributed by atoms with Crippen molar-refractivity contribution in [3.05, 3.63) is 68.8 Å². The van der Waals surface area contributed by atoms with Crippen LogP contribution in [0.3, 0.4) is 0 Å². The topological polar surface area (TPSA) is 34.9 Å². The lowest BCUT2D eigenvalue weighted by molar-refractivity contribution is 0.0964. The van der Waals surface area contributed by atoms with E-state index in [0.29, 0.717) is 28.1 Å². The molecule has 3 aromatic rings. The third kappa shape index (κ3) is 3.94. The van der Waals surface area contributed by atoms with Gasteiger partial charge in [0.2, 0.25) is 0 Å². The van der Waals surface area contributed by atoms with Crippen LogP contribution < -0.4 is 0 Å². The molecule has 0 aliphatic heterocycles. The summed E-state index contributed by atoms with van der Waals surface area (Å²) in [7, 11) is 0. The van der Waals surface area contributed by atoms with Crippen molar-refractivity contribution in [1.82, 2.24) is 9.78 Å².